The topological polar surface area (TPSA) is 105 Å². The Morgan fingerprint density at radius 1 is 1.38 bits per heavy atom. The zero-order chi connectivity index (χ0) is 17.5. The fourth-order valence-electron chi connectivity index (χ4n) is 2.52. The van der Waals surface area contributed by atoms with Crippen LogP contribution in [0.1, 0.15) is 44.2 Å². The number of nitrogens with zero attached hydrogens (tertiary/aromatic N) is 2. The third-order valence-electron chi connectivity index (χ3n) is 3.84. The molecule has 0 aromatic carbocycles. The normalized spacial score (nSPS) is 18.8. The zero-order valence-corrected chi connectivity index (χ0v) is 14.1. The summed E-state index contributed by atoms with van der Waals surface area (Å²) in [5.74, 6) is -0.578. The molecule has 2 rings (SSSR count). The van der Waals surface area contributed by atoms with Crippen molar-refractivity contribution < 1.29 is 9.84 Å². The van der Waals surface area contributed by atoms with Crippen molar-refractivity contribution in [3.63, 3.8) is 0 Å². The molecule has 0 spiro atoms. The highest BCUT2D eigenvalue weighted by molar-refractivity contribution is 6.00. The van der Waals surface area contributed by atoms with E-state index in [-0.39, 0.29) is 23.0 Å². The molecular weight excluding hydrogens is 304 g/mol. The number of nitrogen functional groups attached to an aromatic ring is 1. The van der Waals surface area contributed by atoms with Crippen LogP contribution in [0.2, 0.25) is 0 Å². The van der Waals surface area contributed by atoms with E-state index in [1.54, 1.807) is 6.08 Å². The van der Waals surface area contributed by atoms with Crippen molar-refractivity contribution in [3.05, 3.63) is 40.7 Å². The Morgan fingerprint density at radius 2 is 2.17 bits per heavy atom. The Morgan fingerprint density at radius 3 is 2.83 bits per heavy atom. The number of rotatable bonds is 6. The molecule has 1 aliphatic carbocycles. The number of hydrogen-bond acceptors (Lipinski definition) is 6. The minimum absolute atomic E-state index is 0.106. The molecule has 0 fully saturated rings. The van der Waals surface area contributed by atoms with Crippen molar-refractivity contribution in [3.8, 4) is 0 Å². The Labute approximate surface area is 141 Å². The van der Waals surface area contributed by atoms with E-state index in [1.807, 2.05) is 24.3 Å². The van der Waals surface area contributed by atoms with E-state index in [0.29, 0.717) is 16.8 Å². The first-order chi connectivity index (χ1) is 11.6. The molecule has 1 heterocycles. The molecule has 0 aliphatic heterocycles. The van der Waals surface area contributed by atoms with E-state index < -0.39 is 0 Å². The summed E-state index contributed by atoms with van der Waals surface area (Å²) < 4.78 is 4.83. The van der Waals surface area contributed by atoms with E-state index in [2.05, 4.69) is 16.9 Å². The van der Waals surface area contributed by atoms with E-state index in [4.69, 9.17) is 15.9 Å². The third kappa shape index (κ3) is 4.01. The monoisotopic (exact) mass is 328 g/mol. The molecule has 1 unspecified atom stereocenters. The number of nitrogens with two attached hydrogens (primary N) is 1. The van der Waals surface area contributed by atoms with Crippen molar-refractivity contribution in [2.75, 3.05) is 12.8 Å². The van der Waals surface area contributed by atoms with Gasteiger partial charge in [0.05, 0.1) is 24.1 Å². The van der Waals surface area contributed by atoms with E-state index in [9.17, 15) is 5.11 Å². The van der Waals surface area contributed by atoms with Gasteiger partial charge in [0.15, 0.2) is 11.2 Å². The molecule has 6 heteroatoms. The Kier molecular flexibility index (Phi) is 6.12. The van der Waals surface area contributed by atoms with Gasteiger partial charge in [-0.25, -0.2) is 9.97 Å². The lowest BCUT2D eigenvalue weighted by atomic mass is 9.94. The van der Waals surface area contributed by atoms with Crippen LogP contribution < -0.4 is 16.4 Å². The lowest BCUT2D eigenvalue weighted by Gasteiger charge is -2.15. The van der Waals surface area contributed by atoms with E-state index in [0.717, 1.165) is 25.7 Å². The number of ether oxygens (including phenoxy) is 1. The number of anilines is 1. The molecule has 1 aromatic heterocycles. The van der Waals surface area contributed by atoms with Crippen LogP contribution >= 0.6 is 0 Å². The molecule has 1 atom stereocenters. The molecule has 128 valence electrons. The first-order valence-electron chi connectivity index (χ1n) is 8.12. The molecular formula is C18H24N4O2. The van der Waals surface area contributed by atoms with Gasteiger partial charge in [0.1, 0.15) is 0 Å². The van der Waals surface area contributed by atoms with Crippen molar-refractivity contribution in [2.24, 2.45) is 0 Å². The lowest BCUT2D eigenvalue weighted by molar-refractivity contribution is 0.230. The molecule has 0 bridgehead atoms. The van der Waals surface area contributed by atoms with Crippen LogP contribution in [0, 0.1) is 5.41 Å². The molecule has 4 N–H and O–H groups in total. The second-order valence-corrected chi connectivity index (χ2v) is 5.61. The van der Waals surface area contributed by atoms with Gasteiger partial charge in [0.25, 0.3) is 0 Å². The number of unbranched alkanes of at least 4 members (excludes halogenated alkanes) is 3. The Balaban J connectivity index is 2.57. The van der Waals surface area contributed by atoms with Gasteiger partial charge >= 0.3 is 5.95 Å². The van der Waals surface area contributed by atoms with Crippen molar-refractivity contribution in [1.82, 2.24) is 9.97 Å². The first-order valence-corrected chi connectivity index (χ1v) is 8.12. The van der Waals surface area contributed by atoms with Crippen molar-refractivity contribution >= 4 is 23.6 Å². The number of aromatic nitrogens is 2. The van der Waals surface area contributed by atoms with Crippen LogP contribution in [0.15, 0.2) is 24.3 Å². The highest BCUT2D eigenvalue weighted by Crippen LogP contribution is 2.17. The Hall–Kier alpha value is -2.63. The number of allylic oxidation sites excluding steroid dienone is 4. The standard InChI is InChI=1S/C18H24N4O2/c1-3-4-5-6-11-14-15(12-9-7-8-10-13(12)19)22-16(17(20)21-14)18(23)24-2/h7-12,19,23H,3-6H2,1-2H3,(H2,20,21). The first kappa shape index (κ1) is 17.7. The maximum Gasteiger partial charge on any atom is 0.307 e. The van der Waals surface area contributed by atoms with Gasteiger partial charge in [0.2, 0.25) is 0 Å². The van der Waals surface area contributed by atoms with Crippen LogP contribution in [0.5, 0.6) is 0 Å². The van der Waals surface area contributed by atoms with Crippen LogP contribution in [-0.2, 0) is 4.74 Å². The number of hydrogen-bond donors (Lipinski definition) is 3. The molecule has 0 amide bonds. The molecule has 1 aliphatic rings. The summed E-state index contributed by atoms with van der Waals surface area (Å²) in [5.41, 5.74) is 6.94. The van der Waals surface area contributed by atoms with Gasteiger partial charge in [-0.3, -0.25) is 0 Å². The second kappa shape index (κ2) is 8.29. The third-order valence-corrected chi connectivity index (χ3v) is 3.84. The van der Waals surface area contributed by atoms with E-state index >= 15 is 0 Å². The maximum absolute atomic E-state index is 9.85. The molecule has 0 radical (unpaired) electrons. The molecule has 0 saturated carbocycles. The summed E-state index contributed by atoms with van der Waals surface area (Å²) in [6.45, 7) is 2.15. The fraction of sp³-hybridized carbons (Fsp3) is 0.389. The summed E-state index contributed by atoms with van der Waals surface area (Å²) in [7, 11) is 1.34. The van der Waals surface area contributed by atoms with Crippen LogP contribution in [0.3, 0.4) is 0 Å². The minimum Gasteiger partial charge on any atom is -0.479 e. The smallest absolute Gasteiger partial charge is 0.307 e. The lowest BCUT2D eigenvalue weighted by Crippen LogP contribution is -2.32. The molecule has 0 saturated heterocycles. The van der Waals surface area contributed by atoms with Gasteiger partial charge in [-0.2, -0.15) is 0 Å². The number of nitrogens with one attached hydrogen (secondary N) is 1. The number of methoxy groups -OCH3 is 1. The quantitative estimate of drug-likeness (QED) is 0.692. The average molecular weight is 328 g/mol. The van der Waals surface area contributed by atoms with Crippen LogP contribution in [0.4, 0.5) is 5.82 Å². The van der Waals surface area contributed by atoms with Gasteiger partial charge in [0, 0.05) is 5.71 Å². The molecule has 24 heavy (non-hydrogen) atoms. The summed E-state index contributed by atoms with van der Waals surface area (Å²) >= 11 is 0. The predicted molar refractivity (Wildman–Crippen MR) is 96.1 cm³/mol. The van der Waals surface area contributed by atoms with Crippen molar-refractivity contribution in [2.45, 2.75) is 38.5 Å². The van der Waals surface area contributed by atoms with E-state index in [1.165, 1.54) is 7.11 Å². The Bertz CT molecular complexity index is 781. The van der Waals surface area contributed by atoms with Gasteiger partial charge in [-0.05, 0) is 18.9 Å². The van der Waals surface area contributed by atoms with Crippen LogP contribution in [0.25, 0.3) is 12.0 Å². The summed E-state index contributed by atoms with van der Waals surface area (Å²) in [5, 5.41) is 18.8. The fourth-order valence-corrected chi connectivity index (χ4v) is 2.52. The van der Waals surface area contributed by atoms with Crippen LogP contribution in [-0.4, -0.2) is 27.9 Å². The summed E-state index contributed by atoms with van der Waals surface area (Å²) in [6, 6.07) is 0. The summed E-state index contributed by atoms with van der Waals surface area (Å²) in [6.07, 6.45) is 13.5. The average Bonchev–Trinajstić information content (AvgIpc) is 2.59. The second-order valence-electron chi connectivity index (χ2n) is 5.61. The van der Waals surface area contributed by atoms with Crippen molar-refractivity contribution in [1.29, 1.82) is 5.41 Å². The molecule has 1 aromatic rings. The highest BCUT2D eigenvalue weighted by atomic mass is 16.6. The van der Waals surface area contributed by atoms with Gasteiger partial charge in [-0.1, -0.05) is 44.1 Å². The van der Waals surface area contributed by atoms with Gasteiger partial charge < -0.3 is 21.0 Å². The highest BCUT2D eigenvalue weighted by Gasteiger charge is 2.19. The maximum atomic E-state index is 9.85. The predicted octanol–water partition coefficient (Wildman–Crippen LogP) is 1.92. The SMILES string of the molecule is CCCCCC=c1nc(N)c(=C(O)OC)nc1C1C=CC=CC1=N. The zero-order valence-electron chi connectivity index (χ0n) is 14.1. The number of aliphatic hydroxyl groups excluding tert-OH is 1. The summed E-state index contributed by atoms with van der Waals surface area (Å²) in [4.78, 5) is 8.85. The number of aliphatic hydroxyl groups is 1. The van der Waals surface area contributed by atoms with Gasteiger partial charge in [-0.15, -0.1) is 0 Å². The minimum atomic E-state index is -0.374. The largest absolute Gasteiger partial charge is 0.479 e. The molecule has 6 nitrogen and oxygen atoms in total.